The maximum Gasteiger partial charge on any atom is 0.154 e. The molecular weight excluding hydrogens is 240 g/mol. The van der Waals surface area contributed by atoms with Crippen molar-refractivity contribution in [3.63, 3.8) is 0 Å². The van der Waals surface area contributed by atoms with Crippen LogP contribution >= 0.6 is 0 Å². The Morgan fingerprint density at radius 3 is 2.53 bits per heavy atom. The molecule has 0 bridgehead atoms. The van der Waals surface area contributed by atoms with E-state index in [4.69, 9.17) is 5.84 Å². The molecule has 1 aromatic rings. The number of hydrazine groups is 1. The van der Waals surface area contributed by atoms with Gasteiger partial charge < -0.3 is 4.57 Å². The van der Waals surface area contributed by atoms with Crippen LogP contribution in [0.1, 0.15) is 19.7 Å². The number of rotatable bonds is 5. The van der Waals surface area contributed by atoms with E-state index in [1.54, 1.807) is 20.0 Å². The Balaban J connectivity index is 2.98. The van der Waals surface area contributed by atoms with Crippen LogP contribution in [0, 0.1) is 0 Å². The summed E-state index contributed by atoms with van der Waals surface area (Å²) in [5.74, 6) is 6.27. The fraction of sp³-hybridized carbons (Fsp3) is 0.700. The maximum atomic E-state index is 11.7. The van der Waals surface area contributed by atoms with E-state index in [-0.39, 0.29) is 0 Å². The zero-order valence-electron chi connectivity index (χ0n) is 10.6. The van der Waals surface area contributed by atoms with E-state index in [9.17, 15) is 8.42 Å². The molecular formula is C10H20N4O2S. The molecule has 1 rings (SSSR count). The van der Waals surface area contributed by atoms with Gasteiger partial charge >= 0.3 is 0 Å². The molecule has 1 heterocycles. The average Bonchev–Trinajstić information content (AvgIpc) is 2.58. The first-order chi connectivity index (χ1) is 7.70. The van der Waals surface area contributed by atoms with Crippen molar-refractivity contribution in [1.29, 1.82) is 0 Å². The van der Waals surface area contributed by atoms with Gasteiger partial charge in [-0.25, -0.2) is 13.4 Å². The molecule has 0 spiro atoms. The second-order valence-electron chi connectivity index (χ2n) is 4.75. The van der Waals surface area contributed by atoms with E-state index in [0.717, 1.165) is 5.82 Å². The van der Waals surface area contributed by atoms with Gasteiger partial charge in [0.15, 0.2) is 9.84 Å². The first kappa shape index (κ1) is 14.1. The molecule has 0 amide bonds. The summed E-state index contributed by atoms with van der Waals surface area (Å²) in [6.07, 6.45) is 5.17. The number of nitrogens with one attached hydrogen (secondary N) is 1. The van der Waals surface area contributed by atoms with Gasteiger partial charge in [0.05, 0.1) is 4.75 Å². The van der Waals surface area contributed by atoms with E-state index in [1.165, 1.54) is 6.26 Å². The van der Waals surface area contributed by atoms with Gasteiger partial charge in [-0.3, -0.25) is 11.3 Å². The smallest absolute Gasteiger partial charge is 0.154 e. The van der Waals surface area contributed by atoms with Gasteiger partial charge in [-0.1, -0.05) is 0 Å². The largest absolute Gasteiger partial charge is 0.338 e. The van der Waals surface area contributed by atoms with Crippen LogP contribution in [0.25, 0.3) is 0 Å². The van der Waals surface area contributed by atoms with Crippen molar-refractivity contribution in [3.8, 4) is 0 Å². The molecule has 6 nitrogen and oxygen atoms in total. The summed E-state index contributed by atoms with van der Waals surface area (Å²) in [6.45, 7) is 3.32. The van der Waals surface area contributed by atoms with Crippen LogP contribution in [0.3, 0.4) is 0 Å². The zero-order chi connectivity index (χ0) is 13.3. The molecule has 0 aliphatic carbocycles. The Kier molecular flexibility index (Phi) is 3.95. The fourth-order valence-electron chi connectivity index (χ4n) is 1.54. The second-order valence-corrected chi connectivity index (χ2v) is 7.35. The molecule has 17 heavy (non-hydrogen) atoms. The minimum absolute atomic E-state index is 0.390. The Bertz CT molecular complexity index is 478. The van der Waals surface area contributed by atoms with E-state index in [0.29, 0.717) is 6.42 Å². The van der Waals surface area contributed by atoms with Gasteiger partial charge in [0, 0.05) is 38.2 Å². The number of imidazole rings is 1. The lowest BCUT2D eigenvalue weighted by Gasteiger charge is -2.31. The summed E-state index contributed by atoms with van der Waals surface area (Å²) in [5, 5.41) is 0. The number of hydrogen-bond acceptors (Lipinski definition) is 5. The van der Waals surface area contributed by atoms with Crippen molar-refractivity contribution in [1.82, 2.24) is 15.0 Å². The molecule has 0 aliphatic rings. The number of nitrogens with two attached hydrogens (primary N) is 1. The number of aryl methyl sites for hydroxylation is 1. The molecule has 1 atom stereocenters. The standard InChI is InChI=1S/C10H20N4O2S/c1-10(2,17(4,15)16)8(13-11)7-9-12-5-6-14(9)3/h5-6,8,13H,7,11H2,1-4H3. The summed E-state index contributed by atoms with van der Waals surface area (Å²) < 4.78 is 24.4. The zero-order valence-corrected chi connectivity index (χ0v) is 11.5. The molecule has 0 radical (unpaired) electrons. The van der Waals surface area contributed by atoms with Crippen LogP contribution in [0.15, 0.2) is 12.4 Å². The van der Waals surface area contributed by atoms with Crippen LogP contribution in [-0.4, -0.2) is 35.0 Å². The van der Waals surface area contributed by atoms with Crippen LogP contribution in [-0.2, 0) is 23.3 Å². The van der Waals surface area contributed by atoms with E-state index in [2.05, 4.69) is 10.4 Å². The maximum absolute atomic E-state index is 11.7. The van der Waals surface area contributed by atoms with E-state index in [1.807, 2.05) is 17.8 Å². The molecule has 0 aliphatic heterocycles. The molecule has 0 saturated heterocycles. The van der Waals surface area contributed by atoms with Crippen LogP contribution < -0.4 is 11.3 Å². The number of sulfone groups is 1. The van der Waals surface area contributed by atoms with Crippen molar-refractivity contribution in [2.45, 2.75) is 31.1 Å². The Labute approximate surface area is 102 Å². The quantitative estimate of drug-likeness (QED) is 0.556. The highest BCUT2D eigenvalue weighted by Gasteiger charge is 2.39. The molecule has 0 saturated carbocycles. The monoisotopic (exact) mass is 260 g/mol. The van der Waals surface area contributed by atoms with Crippen molar-refractivity contribution < 1.29 is 8.42 Å². The van der Waals surface area contributed by atoms with Crippen molar-refractivity contribution >= 4 is 9.84 Å². The predicted molar refractivity (Wildman–Crippen MR) is 66.9 cm³/mol. The average molecular weight is 260 g/mol. The molecule has 0 fully saturated rings. The van der Waals surface area contributed by atoms with Gasteiger partial charge in [0.2, 0.25) is 0 Å². The summed E-state index contributed by atoms with van der Waals surface area (Å²) in [6, 6.07) is -0.390. The summed E-state index contributed by atoms with van der Waals surface area (Å²) in [5.41, 5.74) is 2.58. The Hall–Kier alpha value is -0.920. The number of nitrogens with zero attached hydrogens (tertiary/aromatic N) is 2. The molecule has 98 valence electrons. The lowest BCUT2D eigenvalue weighted by atomic mass is 10.0. The molecule has 7 heteroatoms. The highest BCUT2D eigenvalue weighted by atomic mass is 32.2. The molecule has 1 aromatic heterocycles. The third kappa shape index (κ3) is 2.85. The van der Waals surface area contributed by atoms with Gasteiger partial charge in [-0.2, -0.15) is 0 Å². The van der Waals surface area contributed by atoms with Gasteiger partial charge in [0.25, 0.3) is 0 Å². The second kappa shape index (κ2) is 4.75. The first-order valence-electron chi connectivity index (χ1n) is 5.32. The van der Waals surface area contributed by atoms with Crippen molar-refractivity contribution in [3.05, 3.63) is 18.2 Å². The van der Waals surface area contributed by atoms with E-state index < -0.39 is 20.6 Å². The lowest BCUT2D eigenvalue weighted by Crippen LogP contribution is -2.55. The highest BCUT2D eigenvalue weighted by Crippen LogP contribution is 2.22. The lowest BCUT2D eigenvalue weighted by molar-refractivity contribution is 0.404. The third-order valence-corrected chi connectivity index (χ3v) is 5.50. The fourth-order valence-corrected chi connectivity index (χ4v) is 2.21. The van der Waals surface area contributed by atoms with Crippen LogP contribution in [0.4, 0.5) is 0 Å². The normalized spacial score (nSPS) is 14.9. The number of aromatic nitrogens is 2. The molecule has 3 N–H and O–H groups in total. The van der Waals surface area contributed by atoms with Crippen molar-refractivity contribution in [2.75, 3.05) is 6.26 Å². The molecule has 1 unspecified atom stereocenters. The topological polar surface area (TPSA) is 90.0 Å². The van der Waals surface area contributed by atoms with Gasteiger partial charge in [0.1, 0.15) is 5.82 Å². The van der Waals surface area contributed by atoms with Crippen LogP contribution in [0.2, 0.25) is 0 Å². The minimum atomic E-state index is -3.21. The summed E-state index contributed by atoms with van der Waals surface area (Å²) in [7, 11) is -1.34. The Morgan fingerprint density at radius 2 is 2.18 bits per heavy atom. The van der Waals surface area contributed by atoms with Crippen molar-refractivity contribution in [2.24, 2.45) is 12.9 Å². The number of hydrogen-bond donors (Lipinski definition) is 2. The Morgan fingerprint density at radius 1 is 1.59 bits per heavy atom. The van der Waals surface area contributed by atoms with Crippen LogP contribution in [0.5, 0.6) is 0 Å². The predicted octanol–water partition coefficient (Wildman–Crippen LogP) is -0.382. The summed E-state index contributed by atoms with van der Waals surface area (Å²) >= 11 is 0. The summed E-state index contributed by atoms with van der Waals surface area (Å²) in [4.78, 5) is 4.17. The van der Waals surface area contributed by atoms with Gasteiger partial charge in [-0.15, -0.1) is 0 Å². The first-order valence-corrected chi connectivity index (χ1v) is 7.21. The SMILES string of the molecule is Cn1ccnc1CC(NN)C(C)(C)S(C)(=O)=O. The van der Waals surface area contributed by atoms with E-state index >= 15 is 0 Å². The minimum Gasteiger partial charge on any atom is -0.338 e. The third-order valence-electron chi connectivity index (χ3n) is 3.30. The van der Waals surface area contributed by atoms with Gasteiger partial charge in [-0.05, 0) is 13.8 Å². The highest BCUT2D eigenvalue weighted by molar-refractivity contribution is 7.92. The molecule has 0 aromatic carbocycles.